The maximum Gasteiger partial charge on any atom is 0.0215 e. The lowest BCUT2D eigenvalue weighted by Gasteiger charge is -2.18. The van der Waals surface area contributed by atoms with Gasteiger partial charge < -0.3 is 5.32 Å². The SMILES string of the molecule is Cc1c(C)c(C)c2c(c1C)Cc1c3c(c(C)c(C)c1-2)CNC3. The predicted octanol–water partition coefficient (Wildman–Crippen LogP) is 4.71. The summed E-state index contributed by atoms with van der Waals surface area (Å²) in [5, 5.41) is 3.56. The number of rotatable bonds is 0. The van der Waals surface area contributed by atoms with Gasteiger partial charge in [0.25, 0.3) is 0 Å². The van der Waals surface area contributed by atoms with Gasteiger partial charge in [0.05, 0.1) is 0 Å². The summed E-state index contributed by atoms with van der Waals surface area (Å²) in [6.45, 7) is 15.9. The summed E-state index contributed by atoms with van der Waals surface area (Å²) in [4.78, 5) is 0. The molecule has 0 unspecified atom stereocenters. The monoisotopic (exact) mass is 291 g/mol. The lowest BCUT2D eigenvalue weighted by molar-refractivity contribution is 0.761. The van der Waals surface area contributed by atoms with E-state index in [2.05, 4.69) is 46.9 Å². The second-order valence-corrected chi connectivity index (χ2v) is 7.19. The van der Waals surface area contributed by atoms with Gasteiger partial charge in [0, 0.05) is 13.1 Å². The molecule has 4 rings (SSSR count). The lowest BCUT2D eigenvalue weighted by Crippen LogP contribution is -2.01. The van der Waals surface area contributed by atoms with Crippen molar-refractivity contribution in [3.8, 4) is 11.1 Å². The van der Waals surface area contributed by atoms with Crippen LogP contribution in [0.25, 0.3) is 11.1 Å². The number of hydrogen-bond donors (Lipinski definition) is 1. The Labute approximate surface area is 133 Å². The molecule has 0 bridgehead atoms. The van der Waals surface area contributed by atoms with E-state index in [-0.39, 0.29) is 0 Å². The van der Waals surface area contributed by atoms with Gasteiger partial charge in [0.2, 0.25) is 0 Å². The minimum atomic E-state index is 1.04. The zero-order valence-electron chi connectivity index (χ0n) is 14.6. The van der Waals surface area contributed by atoms with Crippen molar-refractivity contribution in [2.45, 2.75) is 61.1 Å². The molecule has 0 spiro atoms. The van der Waals surface area contributed by atoms with Crippen molar-refractivity contribution in [1.29, 1.82) is 0 Å². The van der Waals surface area contributed by atoms with E-state index in [4.69, 9.17) is 0 Å². The van der Waals surface area contributed by atoms with Crippen molar-refractivity contribution in [2.24, 2.45) is 0 Å². The van der Waals surface area contributed by atoms with Crippen LogP contribution in [-0.2, 0) is 19.5 Å². The Hall–Kier alpha value is -1.60. The maximum absolute atomic E-state index is 3.56. The molecular weight excluding hydrogens is 266 g/mol. The maximum atomic E-state index is 3.56. The van der Waals surface area contributed by atoms with Crippen LogP contribution in [0, 0.1) is 41.5 Å². The topological polar surface area (TPSA) is 12.0 Å². The second-order valence-electron chi connectivity index (χ2n) is 7.19. The van der Waals surface area contributed by atoms with Crippen LogP contribution in [0.15, 0.2) is 0 Å². The first-order valence-corrected chi connectivity index (χ1v) is 8.37. The Bertz CT molecular complexity index is 840. The molecule has 1 aliphatic heterocycles. The minimum Gasteiger partial charge on any atom is -0.309 e. The molecule has 1 heteroatoms. The quantitative estimate of drug-likeness (QED) is 0.632. The molecule has 1 aliphatic carbocycles. The molecule has 0 radical (unpaired) electrons. The Morgan fingerprint density at radius 3 is 1.73 bits per heavy atom. The van der Waals surface area contributed by atoms with Crippen molar-refractivity contribution in [2.75, 3.05) is 0 Å². The second kappa shape index (κ2) is 4.45. The molecule has 1 nitrogen and oxygen atoms in total. The summed E-state index contributed by atoms with van der Waals surface area (Å²) >= 11 is 0. The molecule has 114 valence electrons. The Morgan fingerprint density at radius 2 is 1.00 bits per heavy atom. The first kappa shape index (κ1) is 14.0. The van der Waals surface area contributed by atoms with E-state index in [1.54, 1.807) is 33.4 Å². The van der Waals surface area contributed by atoms with Crippen LogP contribution in [0.5, 0.6) is 0 Å². The van der Waals surface area contributed by atoms with Gasteiger partial charge in [-0.15, -0.1) is 0 Å². The first-order valence-electron chi connectivity index (χ1n) is 8.37. The molecule has 0 atom stereocenters. The van der Waals surface area contributed by atoms with E-state index >= 15 is 0 Å². The van der Waals surface area contributed by atoms with E-state index < -0.39 is 0 Å². The van der Waals surface area contributed by atoms with Crippen LogP contribution in [0.2, 0.25) is 0 Å². The lowest BCUT2D eigenvalue weighted by atomic mass is 9.86. The van der Waals surface area contributed by atoms with E-state index in [9.17, 15) is 0 Å². The Balaban J connectivity index is 2.14. The Morgan fingerprint density at radius 1 is 0.500 bits per heavy atom. The fourth-order valence-corrected chi connectivity index (χ4v) is 4.62. The minimum absolute atomic E-state index is 1.04. The highest BCUT2D eigenvalue weighted by Gasteiger charge is 2.31. The van der Waals surface area contributed by atoms with Gasteiger partial charge in [0.15, 0.2) is 0 Å². The highest BCUT2D eigenvalue weighted by Crippen LogP contribution is 2.48. The summed E-state index contributed by atoms with van der Waals surface area (Å²) in [6.07, 6.45) is 1.13. The molecule has 0 aromatic heterocycles. The van der Waals surface area contributed by atoms with Crippen molar-refractivity contribution >= 4 is 0 Å². The standard InChI is InChI=1S/C21H25N/c1-10-11(2)14(5)20-16(12(10)3)7-17-19-9-22-8-18(19)13(4)15(6)21(17)20/h22H,7-9H2,1-6H3. The molecule has 1 heterocycles. The molecular formula is C21H25N. The van der Waals surface area contributed by atoms with Gasteiger partial charge >= 0.3 is 0 Å². The van der Waals surface area contributed by atoms with Crippen LogP contribution in [-0.4, -0.2) is 0 Å². The van der Waals surface area contributed by atoms with Crippen molar-refractivity contribution in [3.05, 3.63) is 55.6 Å². The number of hydrogen-bond acceptors (Lipinski definition) is 1. The van der Waals surface area contributed by atoms with Gasteiger partial charge in [-0.2, -0.15) is 0 Å². The van der Waals surface area contributed by atoms with Gasteiger partial charge in [-0.05, 0) is 115 Å². The third-order valence-electron chi connectivity index (χ3n) is 6.44. The predicted molar refractivity (Wildman–Crippen MR) is 93.6 cm³/mol. The van der Waals surface area contributed by atoms with Gasteiger partial charge in [-0.25, -0.2) is 0 Å². The number of benzene rings is 2. The van der Waals surface area contributed by atoms with Gasteiger partial charge in [-0.3, -0.25) is 0 Å². The molecule has 1 N–H and O–H groups in total. The normalized spacial score (nSPS) is 15.0. The van der Waals surface area contributed by atoms with Crippen LogP contribution in [0.1, 0.15) is 55.6 Å². The molecule has 2 aliphatic rings. The molecule has 0 fully saturated rings. The zero-order valence-corrected chi connectivity index (χ0v) is 14.6. The van der Waals surface area contributed by atoms with Crippen LogP contribution >= 0.6 is 0 Å². The van der Waals surface area contributed by atoms with Gasteiger partial charge in [0.1, 0.15) is 0 Å². The molecule has 0 saturated heterocycles. The summed E-state index contributed by atoms with van der Waals surface area (Å²) < 4.78 is 0. The average Bonchev–Trinajstić information content (AvgIpc) is 3.12. The third-order valence-corrected chi connectivity index (χ3v) is 6.44. The highest BCUT2D eigenvalue weighted by atomic mass is 14.9. The summed E-state index contributed by atoms with van der Waals surface area (Å²) in [5.74, 6) is 0. The molecule has 0 amide bonds. The summed E-state index contributed by atoms with van der Waals surface area (Å²) in [7, 11) is 0. The van der Waals surface area contributed by atoms with Crippen molar-refractivity contribution in [3.63, 3.8) is 0 Å². The smallest absolute Gasteiger partial charge is 0.0215 e. The Kier molecular flexibility index (Phi) is 2.84. The third kappa shape index (κ3) is 1.53. The fraction of sp³-hybridized carbons (Fsp3) is 0.429. The van der Waals surface area contributed by atoms with Gasteiger partial charge in [-0.1, -0.05) is 0 Å². The number of nitrogens with one attached hydrogen (secondary N) is 1. The number of fused-ring (bicyclic) bond motifs is 5. The van der Waals surface area contributed by atoms with Crippen LogP contribution < -0.4 is 5.32 Å². The van der Waals surface area contributed by atoms with E-state index in [1.807, 2.05) is 0 Å². The largest absolute Gasteiger partial charge is 0.309 e. The first-order chi connectivity index (χ1) is 10.4. The molecule has 2 aromatic rings. The van der Waals surface area contributed by atoms with E-state index in [0.29, 0.717) is 0 Å². The van der Waals surface area contributed by atoms with Crippen molar-refractivity contribution in [1.82, 2.24) is 5.32 Å². The summed E-state index contributed by atoms with van der Waals surface area (Å²) in [6, 6.07) is 0. The molecule has 0 saturated carbocycles. The van der Waals surface area contributed by atoms with E-state index in [0.717, 1.165) is 19.5 Å². The van der Waals surface area contributed by atoms with E-state index in [1.165, 1.54) is 33.4 Å². The summed E-state index contributed by atoms with van der Waals surface area (Å²) in [5.41, 5.74) is 18.4. The zero-order chi connectivity index (χ0) is 15.8. The average molecular weight is 291 g/mol. The highest BCUT2D eigenvalue weighted by molar-refractivity contribution is 5.87. The fourth-order valence-electron chi connectivity index (χ4n) is 4.62. The molecule has 2 aromatic carbocycles. The van der Waals surface area contributed by atoms with Crippen LogP contribution in [0.3, 0.4) is 0 Å². The van der Waals surface area contributed by atoms with Crippen molar-refractivity contribution < 1.29 is 0 Å². The van der Waals surface area contributed by atoms with Crippen LogP contribution in [0.4, 0.5) is 0 Å². The molecule has 22 heavy (non-hydrogen) atoms.